The summed E-state index contributed by atoms with van der Waals surface area (Å²) in [6, 6.07) is 64.0. The molecule has 0 aliphatic rings. The zero-order valence-corrected chi connectivity index (χ0v) is 25.9. The maximum atomic E-state index is 2.37. The standard InChI is InChI=1S/C44H29NS/c1-2-13-38(14-3-1)45(40-23-24-42-41-15-6-7-16-43(41)46-44(42)29-40)39-22-21-31-18-20-36(27-37(31)28-39)34-12-8-11-33(26-34)35-19-17-30-9-4-5-10-32(30)25-35/h1-29H. The molecule has 0 atom stereocenters. The summed E-state index contributed by atoms with van der Waals surface area (Å²) >= 11 is 1.86. The molecule has 2 heteroatoms. The van der Waals surface area contributed by atoms with Crippen LogP contribution in [0.15, 0.2) is 176 Å². The second-order valence-corrected chi connectivity index (χ2v) is 12.9. The van der Waals surface area contributed by atoms with Crippen molar-refractivity contribution in [2.24, 2.45) is 0 Å². The molecule has 0 amide bonds. The van der Waals surface area contributed by atoms with Crippen molar-refractivity contribution in [1.29, 1.82) is 0 Å². The Morgan fingerprint density at radius 3 is 1.72 bits per heavy atom. The van der Waals surface area contributed by atoms with Gasteiger partial charge in [-0.05, 0) is 104 Å². The topological polar surface area (TPSA) is 3.24 Å². The summed E-state index contributed by atoms with van der Waals surface area (Å²) in [7, 11) is 0. The van der Waals surface area contributed by atoms with Gasteiger partial charge < -0.3 is 4.90 Å². The summed E-state index contributed by atoms with van der Waals surface area (Å²) < 4.78 is 2.62. The molecule has 0 N–H and O–H groups in total. The van der Waals surface area contributed by atoms with E-state index in [0.29, 0.717) is 0 Å². The Morgan fingerprint density at radius 2 is 0.891 bits per heavy atom. The Morgan fingerprint density at radius 1 is 0.304 bits per heavy atom. The first-order valence-corrected chi connectivity index (χ1v) is 16.5. The number of hydrogen-bond acceptors (Lipinski definition) is 2. The molecule has 0 saturated heterocycles. The first kappa shape index (κ1) is 26.7. The van der Waals surface area contributed by atoms with Crippen LogP contribution in [0.4, 0.5) is 17.1 Å². The highest BCUT2D eigenvalue weighted by atomic mass is 32.1. The third kappa shape index (κ3) is 4.72. The Kier molecular flexibility index (Phi) is 6.40. The van der Waals surface area contributed by atoms with E-state index in [9.17, 15) is 0 Å². The van der Waals surface area contributed by atoms with Gasteiger partial charge in [-0.25, -0.2) is 0 Å². The Labute approximate surface area is 272 Å². The molecule has 0 fully saturated rings. The number of thiophene rings is 1. The van der Waals surface area contributed by atoms with Crippen LogP contribution in [0.2, 0.25) is 0 Å². The van der Waals surface area contributed by atoms with E-state index in [1.807, 2.05) is 11.3 Å². The van der Waals surface area contributed by atoms with Crippen LogP contribution in [0.25, 0.3) is 64.0 Å². The summed E-state index contributed by atoms with van der Waals surface area (Å²) in [4.78, 5) is 2.37. The third-order valence-electron chi connectivity index (χ3n) is 9.00. The molecule has 0 saturated carbocycles. The van der Waals surface area contributed by atoms with Gasteiger partial charge in [-0.2, -0.15) is 0 Å². The molecule has 0 aliphatic carbocycles. The van der Waals surface area contributed by atoms with Gasteiger partial charge in [-0.1, -0.05) is 115 Å². The van der Waals surface area contributed by atoms with E-state index in [-0.39, 0.29) is 0 Å². The van der Waals surface area contributed by atoms with Gasteiger partial charge in [0.05, 0.1) is 0 Å². The van der Waals surface area contributed by atoms with Crippen LogP contribution in [-0.2, 0) is 0 Å². The van der Waals surface area contributed by atoms with Crippen LogP contribution in [0.5, 0.6) is 0 Å². The number of fused-ring (bicyclic) bond motifs is 5. The lowest BCUT2D eigenvalue weighted by Gasteiger charge is -2.26. The van der Waals surface area contributed by atoms with E-state index in [1.54, 1.807) is 0 Å². The van der Waals surface area contributed by atoms with Crippen LogP contribution in [0.3, 0.4) is 0 Å². The quantitative estimate of drug-likeness (QED) is 0.189. The Hall–Kier alpha value is -5.70. The van der Waals surface area contributed by atoms with Crippen LogP contribution >= 0.6 is 11.3 Å². The van der Waals surface area contributed by atoms with Crippen molar-refractivity contribution in [1.82, 2.24) is 0 Å². The lowest BCUT2D eigenvalue weighted by molar-refractivity contribution is 1.30. The first-order chi connectivity index (χ1) is 22.8. The lowest BCUT2D eigenvalue weighted by Crippen LogP contribution is -2.09. The smallest absolute Gasteiger partial charge is 0.0476 e. The third-order valence-corrected chi connectivity index (χ3v) is 10.1. The van der Waals surface area contributed by atoms with Crippen molar-refractivity contribution in [2.45, 2.75) is 0 Å². The van der Waals surface area contributed by atoms with Crippen LogP contribution in [0.1, 0.15) is 0 Å². The molecule has 0 bridgehead atoms. The number of para-hydroxylation sites is 1. The average molecular weight is 604 g/mol. The maximum Gasteiger partial charge on any atom is 0.0476 e. The highest BCUT2D eigenvalue weighted by Gasteiger charge is 2.15. The number of anilines is 3. The fourth-order valence-electron chi connectivity index (χ4n) is 6.68. The van der Waals surface area contributed by atoms with Gasteiger partial charge in [0.15, 0.2) is 0 Å². The number of hydrogen-bond donors (Lipinski definition) is 0. The highest BCUT2D eigenvalue weighted by Crippen LogP contribution is 2.41. The van der Waals surface area contributed by atoms with Crippen molar-refractivity contribution >= 4 is 70.1 Å². The minimum atomic E-state index is 1.14. The summed E-state index contributed by atoms with van der Waals surface area (Å²) in [5.74, 6) is 0. The van der Waals surface area contributed by atoms with Crippen molar-refractivity contribution in [3.8, 4) is 22.3 Å². The second kappa shape index (κ2) is 11.0. The summed E-state index contributed by atoms with van der Waals surface area (Å²) in [5.41, 5.74) is 8.33. The van der Waals surface area contributed by atoms with Gasteiger partial charge in [0.1, 0.15) is 0 Å². The predicted molar refractivity (Wildman–Crippen MR) is 200 cm³/mol. The Balaban J connectivity index is 1.13. The maximum absolute atomic E-state index is 2.37. The van der Waals surface area contributed by atoms with E-state index in [1.165, 1.54) is 64.0 Å². The SMILES string of the molecule is c1ccc(N(c2ccc3ccc(-c4cccc(-c5ccc6ccccc6c5)c4)cc3c2)c2ccc3c(c2)sc2ccccc23)cc1. The summed E-state index contributed by atoms with van der Waals surface area (Å²) in [6.07, 6.45) is 0. The summed E-state index contributed by atoms with van der Waals surface area (Å²) in [6.45, 7) is 0. The highest BCUT2D eigenvalue weighted by molar-refractivity contribution is 7.25. The van der Waals surface area contributed by atoms with Gasteiger partial charge in [0, 0.05) is 37.2 Å². The van der Waals surface area contributed by atoms with Gasteiger partial charge in [0.2, 0.25) is 0 Å². The fourth-order valence-corrected chi connectivity index (χ4v) is 7.82. The zero-order valence-electron chi connectivity index (χ0n) is 25.1. The van der Waals surface area contributed by atoms with Gasteiger partial charge in [-0.15, -0.1) is 11.3 Å². The van der Waals surface area contributed by atoms with Crippen LogP contribution < -0.4 is 4.90 Å². The number of rotatable bonds is 5. The molecular weight excluding hydrogens is 575 g/mol. The summed E-state index contributed by atoms with van der Waals surface area (Å²) in [5, 5.41) is 7.61. The van der Waals surface area contributed by atoms with Crippen LogP contribution in [-0.4, -0.2) is 0 Å². The number of nitrogens with zero attached hydrogens (tertiary/aromatic N) is 1. The molecule has 0 unspecified atom stereocenters. The van der Waals surface area contributed by atoms with E-state index in [4.69, 9.17) is 0 Å². The minimum absolute atomic E-state index is 1.14. The van der Waals surface area contributed by atoms with Crippen molar-refractivity contribution in [3.05, 3.63) is 176 Å². The molecule has 1 heterocycles. The number of benzene rings is 8. The molecule has 9 aromatic rings. The molecule has 0 spiro atoms. The van der Waals surface area contributed by atoms with E-state index >= 15 is 0 Å². The lowest BCUT2D eigenvalue weighted by atomic mass is 9.96. The monoisotopic (exact) mass is 603 g/mol. The Bertz CT molecular complexity index is 2540. The largest absolute Gasteiger partial charge is 0.310 e. The van der Waals surface area contributed by atoms with Gasteiger partial charge in [0.25, 0.3) is 0 Å². The van der Waals surface area contributed by atoms with Gasteiger partial charge in [-0.3, -0.25) is 0 Å². The van der Waals surface area contributed by atoms with E-state index < -0.39 is 0 Å². The fraction of sp³-hybridized carbons (Fsp3) is 0. The van der Waals surface area contributed by atoms with Crippen molar-refractivity contribution < 1.29 is 0 Å². The molecule has 1 nitrogen and oxygen atoms in total. The molecule has 9 rings (SSSR count). The minimum Gasteiger partial charge on any atom is -0.310 e. The predicted octanol–water partition coefficient (Wildman–Crippen LogP) is 13.2. The molecule has 1 aromatic heterocycles. The molecule has 216 valence electrons. The second-order valence-electron chi connectivity index (χ2n) is 11.8. The normalized spacial score (nSPS) is 11.5. The van der Waals surface area contributed by atoms with Crippen molar-refractivity contribution in [2.75, 3.05) is 4.90 Å². The molecular formula is C44H29NS. The average Bonchev–Trinajstić information content (AvgIpc) is 3.50. The first-order valence-electron chi connectivity index (χ1n) is 15.7. The zero-order chi connectivity index (χ0) is 30.5. The van der Waals surface area contributed by atoms with Crippen LogP contribution in [0, 0.1) is 0 Å². The molecule has 46 heavy (non-hydrogen) atoms. The van der Waals surface area contributed by atoms with E-state index in [2.05, 4.69) is 181 Å². The van der Waals surface area contributed by atoms with E-state index in [0.717, 1.165) is 17.1 Å². The molecule has 8 aromatic carbocycles. The molecule has 0 radical (unpaired) electrons. The van der Waals surface area contributed by atoms with Gasteiger partial charge >= 0.3 is 0 Å². The molecule has 0 aliphatic heterocycles. The van der Waals surface area contributed by atoms with Crippen molar-refractivity contribution in [3.63, 3.8) is 0 Å².